The molecule has 1 amide bonds. The number of amides is 1. The molecule has 0 bridgehead atoms. The standard InChI is InChI=1S/C11H12BrN5O/c12-8-6-16-5-3-14-10(16)11(15-8)17-4-1-2-7(17)9(13)18/h3,5-7H,1-2,4H2,(H2,13,18). The molecule has 0 aromatic carbocycles. The molecule has 1 atom stereocenters. The van der Waals surface area contributed by atoms with Gasteiger partial charge in [-0.25, -0.2) is 9.97 Å². The van der Waals surface area contributed by atoms with E-state index in [0.717, 1.165) is 25.0 Å². The Kier molecular flexibility index (Phi) is 2.70. The van der Waals surface area contributed by atoms with Crippen molar-refractivity contribution >= 4 is 33.3 Å². The minimum Gasteiger partial charge on any atom is -0.368 e. The van der Waals surface area contributed by atoms with Crippen LogP contribution >= 0.6 is 15.9 Å². The minimum atomic E-state index is -0.306. The third kappa shape index (κ3) is 1.74. The molecule has 3 heterocycles. The van der Waals surface area contributed by atoms with Gasteiger partial charge in [0.2, 0.25) is 5.91 Å². The van der Waals surface area contributed by atoms with E-state index in [2.05, 4.69) is 25.9 Å². The fourth-order valence-electron chi connectivity index (χ4n) is 2.39. The Bertz CT molecular complexity index is 610. The molecule has 0 saturated carbocycles. The number of anilines is 1. The first-order valence-electron chi connectivity index (χ1n) is 5.72. The Balaban J connectivity index is 2.13. The lowest BCUT2D eigenvalue weighted by Gasteiger charge is -2.23. The highest BCUT2D eigenvalue weighted by atomic mass is 79.9. The smallest absolute Gasteiger partial charge is 0.240 e. The zero-order chi connectivity index (χ0) is 12.7. The van der Waals surface area contributed by atoms with Gasteiger partial charge in [-0.2, -0.15) is 0 Å². The molecule has 1 saturated heterocycles. The van der Waals surface area contributed by atoms with Gasteiger partial charge >= 0.3 is 0 Å². The predicted molar refractivity (Wildman–Crippen MR) is 70.2 cm³/mol. The van der Waals surface area contributed by atoms with Gasteiger partial charge in [-0.1, -0.05) is 0 Å². The van der Waals surface area contributed by atoms with Gasteiger partial charge in [0, 0.05) is 25.1 Å². The van der Waals surface area contributed by atoms with Crippen LogP contribution in [0.25, 0.3) is 5.65 Å². The SMILES string of the molecule is NC(=O)C1CCCN1c1nc(Br)cn2ccnc12. The topological polar surface area (TPSA) is 76.5 Å². The maximum absolute atomic E-state index is 11.5. The Morgan fingerprint density at radius 1 is 1.56 bits per heavy atom. The van der Waals surface area contributed by atoms with Gasteiger partial charge in [0.15, 0.2) is 11.5 Å². The van der Waals surface area contributed by atoms with E-state index >= 15 is 0 Å². The second kappa shape index (κ2) is 4.24. The molecule has 1 aliphatic heterocycles. The second-order valence-corrected chi connectivity index (χ2v) is 5.11. The Hall–Kier alpha value is -1.63. The Morgan fingerprint density at radius 2 is 2.39 bits per heavy atom. The number of aromatic nitrogens is 3. The third-order valence-electron chi connectivity index (χ3n) is 3.18. The number of nitrogens with zero attached hydrogens (tertiary/aromatic N) is 4. The number of primary amides is 1. The zero-order valence-electron chi connectivity index (χ0n) is 9.58. The molecule has 3 rings (SSSR count). The van der Waals surface area contributed by atoms with Crippen LogP contribution in [0.4, 0.5) is 5.82 Å². The first-order chi connectivity index (χ1) is 8.66. The van der Waals surface area contributed by atoms with Crippen LogP contribution in [-0.4, -0.2) is 32.9 Å². The molecular formula is C11H12BrN5O. The van der Waals surface area contributed by atoms with Gasteiger partial charge in [0.05, 0.1) is 0 Å². The highest BCUT2D eigenvalue weighted by molar-refractivity contribution is 9.10. The first kappa shape index (κ1) is 11.5. The van der Waals surface area contributed by atoms with Crippen LogP contribution in [0.3, 0.4) is 0 Å². The summed E-state index contributed by atoms with van der Waals surface area (Å²) in [5.74, 6) is 0.398. The van der Waals surface area contributed by atoms with Crippen LogP contribution in [0.5, 0.6) is 0 Å². The molecule has 94 valence electrons. The quantitative estimate of drug-likeness (QED) is 0.896. The summed E-state index contributed by atoms with van der Waals surface area (Å²) in [4.78, 5) is 22.1. The summed E-state index contributed by atoms with van der Waals surface area (Å²) < 4.78 is 2.58. The first-order valence-corrected chi connectivity index (χ1v) is 6.51. The van der Waals surface area contributed by atoms with Gasteiger partial charge in [-0.3, -0.25) is 4.79 Å². The van der Waals surface area contributed by atoms with Crippen LogP contribution in [-0.2, 0) is 4.79 Å². The number of carbonyl (C=O) groups is 1. The molecule has 2 aromatic rings. The summed E-state index contributed by atoms with van der Waals surface area (Å²) in [6.45, 7) is 0.777. The lowest BCUT2D eigenvalue weighted by atomic mass is 10.2. The van der Waals surface area contributed by atoms with Crippen molar-refractivity contribution in [3.8, 4) is 0 Å². The van der Waals surface area contributed by atoms with Gasteiger partial charge < -0.3 is 15.0 Å². The largest absolute Gasteiger partial charge is 0.368 e. The van der Waals surface area contributed by atoms with Crippen LogP contribution in [0, 0.1) is 0 Å². The number of hydrogen-bond donors (Lipinski definition) is 1. The molecule has 18 heavy (non-hydrogen) atoms. The Labute approximate surface area is 112 Å². The van der Waals surface area contributed by atoms with Crippen LogP contribution in [0.2, 0.25) is 0 Å². The van der Waals surface area contributed by atoms with Crippen molar-refractivity contribution < 1.29 is 4.79 Å². The molecule has 6 nitrogen and oxygen atoms in total. The number of rotatable bonds is 2. The summed E-state index contributed by atoms with van der Waals surface area (Å²) in [5, 5.41) is 0. The average molecular weight is 310 g/mol. The molecule has 0 spiro atoms. The van der Waals surface area contributed by atoms with E-state index in [4.69, 9.17) is 5.73 Å². The van der Waals surface area contributed by atoms with Crippen LogP contribution < -0.4 is 10.6 Å². The number of halogens is 1. The summed E-state index contributed by atoms with van der Waals surface area (Å²) in [7, 11) is 0. The highest BCUT2D eigenvalue weighted by Gasteiger charge is 2.31. The van der Waals surface area contributed by atoms with E-state index in [-0.39, 0.29) is 11.9 Å². The van der Waals surface area contributed by atoms with Crippen molar-refractivity contribution in [3.63, 3.8) is 0 Å². The molecule has 7 heteroatoms. The molecule has 0 radical (unpaired) electrons. The second-order valence-electron chi connectivity index (χ2n) is 4.30. The van der Waals surface area contributed by atoms with Crippen molar-refractivity contribution in [2.75, 3.05) is 11.4 Å². The number of imidazole rings is 1. The van der Waals surface area contributed by atoms with Crippen molar-refractivity contribution in [3.05, 3.63) is 23.2 Å². The average Bonchev–Trinajstić information content (AvgIpc) is 2.95. The fraction of sp³-hybridized carbons (Fsp3) is 0.364. The summed E-state index contributed by atoms with van der Waals surface area (Å²) in [5.41, 5.74) is 6.18. The number of nitrogens with two attached hydrogens (primary N) is 1. The summed E-state index contributed by atoms with van der Waals surface area (Å²) in [6, 6.07) is -0.285. The number of hydrogen-bond acceptors (Lipinski definition) is 4. The lowest BCUT2D eigenvalue weighted by Crippen LogP contribution is -2.41. The monoisotopic (exact) mass is 309 g/mol. The molecule has 1 aliphatic rings. The van der Waals surface area contributed by atoms with E-state index in [1.165, 1.54) is 0 Å². The fourth-order valence-corrected chi connectivity index (χ4v) is 2.78. The van der Waals surface area contributed by atoms with Gasteiger partial charge in [0.1, 0.15) is 10.6 Å². The van der Waals surface area contributed by atoms with E-state index in [1.54, 1.807) is 6.20 Å². The normalized spacial score (nSPS) is 19.6. The van der Waals surface area contributed by atoms with Gasteiger partial charge in [0.25, 0.3) is 0 Å². The molecular weight excluding hydrogens is 298 g/mol. The third-order valence-corrected chi connectivity index (χ3v) is 3.56. The molecule has 1 unspecified atom stereocenters. The zero-order valence-corrected chi connectivity index (χ0v) is 11.2. The van der Waals surface area contributed by atoms with E-state index in [0.29, 0.717) is 10.4 Å². The number of fused-ring (bicyclic) bond motifs is 1. The van der Waals surface area contributed by atoms with Crippen LogP contribution in [0.15, 0.2) is 23.2 Å². The van der Waals surface area contributed by atoms with Gasteiger partial charge in [-0.15, -0.1) is 0 Å². The highest BCUT2D eigenvalue weighted by Crippen LogP contribution is 2.28. The van der Waals surface area contributed by atoms with E-state index < -0.39 is 0 Å². The van der Waals surface area contributed by atoms with Crippen molar-refractivity contribution in [2.24, 2.45) is 5.73 Å². The number of carbonyl (C=O) groups excluding carboxylic acids is 1. The van der Waals surface area contributed by atoms with Crippen molar-refractivity contribution in [2.45, 2.75) is 18.9 Å². The molecule has 2 N–H and O–H groups in total. The lowest BCUT2D eigenvalue weighted by molar-refractivity contribution is -0.119. The minimum absolute atomic E-state index is 0.285. The maximum atomic E-state index is 11.5. The summed E-state index contributed by atoms with van der Waals surface area (Å²) >= 11 is 3.37. The molecule has 1 fully saturated rings. The molecule has 0 aliphatic carbocycles. The molecule has 2 aromatic heterocycles. The van der Waals surface area contributed by atoms with Crippen LogP contribution in [0.1, 0.15) is 12.8 Å². The van der Waals surface area contributed by atoms with Crippen molar-refractivity contribution in [1.82, 2.24) is 14.4 Å². The van der Waals surface area contributed by atoms with Crippen molar-refractivity contribution in [1.29, 1.82) is 0 Å². The van der Waals surface area contributed by atoms with Gasteiger partial charge in [-0.05, 0) is 28.8 Å². The predicted octanol–water partition coefficient (Wildman–Crippen LogP) is 0.946. The Morgan fingerprint density at radius 3 is 3.17 bits per heavy atom. The van der Waals surface area contributed by atoms with E-state index in [1.807, 2.05) is 21.7 Å². The van der Waals surface area contributed by atoms with E-state index in [9.17, 15) is 4.79 Å². The summed E-state index contributed by atoms with van der Waals surface area (Å²) in [6.07, 6.45) is 7.11. The maximum Gasteiger partial charge on any atom is 0.240 e.